The van der Waals surface area contributed by atoms with Gasteiger partial charge in [-0.2, -0.15) is 0 Å². The number of aliphatic imine (C=N–C) groups is 8. The molecular formula is C88H128N24O21+8. The van der Waals surface area contributed by atoms with Crippen LogP contribution in [0.4, 0.5) is 0 Å². The van der Waals surface area contributed by atoms with Gasteiger partial charge < -0.3 is 101 Å². The zero-order chi connectivity index (χ0) is 100. The minimum Gasteiger partial charge on any atom is -0.508 e. The summed E-state index contributed by atoms with van der Waals surface area (Å²) in [6, 6.07) is 31.6. The smallest absolute Gasteiger partial charge is 0.260 e. The van der Waals surface area contributed by atoms with E-state index in [4.69, 9.17) is 180 Å². The molecule has 0 aliphatic rings. The number of aromatic hydroxyl groups is 5. The van der Waals surface area contributed by atoms with Crippen LogP contribution in [0.15, 0.2) is 155 Å². The van der Waals surface area contributed by atoms with E-state index in [0.29, 0.717) is 116 Å². The molecule has 0 heterocycles. The minimum absolute atomic E-state index is 0.0175. The fourth-order valence-electron chi connectivity index (χ4n) is 10.1. The number of nitrogens with two attached hydrogens (primary N) is 16. The fourth-order valence-corrected chi connectivity index (χ4v) is 10.1. The Balaban J connectivity index is 0.000000761. The van der Waals surface area contributed by atoms with E-state index in [2.05, 4.69) is 39.9 Å². The summed E-state index contributed by atoms with van der Waals surface area (Å²) in [5.41, 5.74) is 47.7. The number of methoxy groups -OCH3 is 16. The Labute approximate surface area is 770 Å². The number of hydrogen-bond acceptors (Lipinski definition) is 29. The van der Waals surface area contributed by atoms with Gasteiger partial charge in [0.25, 0.3) is 46.7 Å². The number of rotatable bonds is 40. The molecule has 8 rings (SSSR count). The average Bonchev–Trinajstić information content (AvgIpc) is 0.812. The van der Waals surface area contributed by atoms with E-state index in [1.165, 1.54) is 30.6 Å². The van der Waals surface area contributed by atoms with E-state index in [1.807, 2.05) is 36.4 Å². The molecule has 0 aliphatic carbocycles. The number of ether oxygens (including phenoxy) is 16. The van der Waals surface area contributed by atoms with E-state index in [0.717, 1.165) is 39.9 Å². The SMILES string of the molecule is COc1cc(C=NCC(N)=[NH2+])cc(OC)c1.COc1cc(C=NCC(N)=[NH2+])cc(OC)c1OC.COc1cc(OC)c(C=NCC(N)=[NH2+])c(OC)c1.COc1cc(OC)c(OC)cc1C=NCC(N)=[NH2+].COc1ccc(C=NCC(N)=[NH2+])c(OC)c1OC.COc1cccc(C=NCC(N)=[NH2+])c1OC.NC(=[NH2+])CN=Cc1c(O)cc(O)cc1O.NC(=[NH2+])CN=Cc1cc(O)cc(O)c1. The minimum atomic E-state index is -0.271. The van der Waals surface area contributed by atoms with Crippen LogP contribution in [-0.2, 0) is 0 Å². The Kier molecular flexibility index (Phi) is 54.3. The Morgan fingerprint density at radius 1 is 0.233 bits per heavy atom. The van der Waals surface area contributed by atoms with Crippen LogP contribution in [0.5, 0.6) is 121 Å². The van der Waals surface area contributed by atoms with Crippen LogP contribution < -0.4 is 165 Å². The summed E-state index contributed by atoms with van der Waals surface area (Å²) in [6.07, 6.45) is 12.5. The maximum absolute atomic E-state index is 9.36. The molecule has 0 amide bonds. The van der Waals surface area contributed by atoms with Crippen LogP contribution in [0.3, 0.4) is 0 Å². The van der Waals surface area contributed by atoms with Gasteiger partial charge >= 0.3 is 0 Å². The predicted octanol–water partition coefficient (Wildman–Crippen LogP) is -7.56. The van der Waals surface area contributed by atoms with Crippen LogP contribution in [0.2, 0.25) is 0 Å². The average molecular weight is 1860 g/mol. The van der Waals surface area contributed by atoms with Gasteiger partial charge in [0, 0.05) is 109 Å². The highest BCUT2D eigenvalue weighted by Gasteiger charge is 2.18. The molecule has 0 aliphatic heterocycles. The van der Waals surface area contributed by atoms with Crippen LogP contribution >= 0.6 is 0 Å². The second kappa shape index (κ2) is 63.6. The van der Waals surface area contributed by atoms with Crippen molar-refractivity contribution in [3.63, 3.8) is 0 Å². The molecule has 0 atom stereocenters. The molecule has 0 aromatic heterocycles. The number of amidine groups is 8. The second-order valence-electron chi connectivity index (χ2n) is 26.0. The van der Waals surface area contributed by atoms with E-state index in [1.54, 1.807) is 200 Å². The topological polar surface area (TPSA) is 761 Å². The molecule has 0 unspecified atom stereocenters. The maximum Gasteiger partial charge on any atom is 0.260 e. The van der Waals surface area contributed by atoms with Gasteiger partial charge in [-0.3, -0.25) is 129 Å². The molecule has 0 spiro atoms. The third-order valence-electron chi connectivity index (χ3n) is 15.8. The highest BCUT2D eigenvalue weighted by molar-refractivity contribution is 5.93. The van der Waals surface area contributed by atoms with Gasteiger partial charge in [-0.25, -0.2) is 0 Å². The standard InChI is InChI=1S/4C12H17N3O3.2C11H15N3O2.C9H11N3O3.C9H11N3O2/c1-16-9-5-11(18-3)10(17-2)4-8(9)6-15-7-12(13)14;1-16-8-4-10(17-2)9(11(5-8)18-3)6-15-7-12(13)14;1-16-9-4-8(6-15-7-11(13)14)5-10(17-2)12(9)18-3;1-16-9-5-4-8(6-15-7-10(13)14)11(17-2)12(9)18-3;1-15-9-3-8(4-10(5-9)16-2)6-14-7-11(12)13;1-15-9-5-3-4-8(11(9)16-2)6-14-7-10(12)13;10-9(11)4-12-3-6-7(14)1-5(13)2-8(6)15;10-9(11)5-12-4-6-1-7(13)3-8(14)2-6/h4*4-6H,7H2,1-3H3,(H3,13,14);2*3-6H,7H2,1-2H3,(H3,12,13);1-3,13-15H,4H2,(H3,10,11);1-4,13-14H,5H2,(H3,10,11)/p+8. The Morgan fingerprint density at radius 2 is 0.534 bits per heavy atom. The molecule has 8 aromatic carbocycles. The molecule has 133 heavy (non-hydrogen) atoms. The second-order valence-corrected chi connectivity index (χ2v) is 26.0. The zero-order valence-electron chi connectivity index (χ0n) is 77.3. The Bertz CT molecular complexity index is 5230. The van der Waals surface area contributed by atoms with E-state index < -0.39 is 0 Å². The van der Waals surface area contributed by atoms with Crippen molar-refractivity contribution in [1.29, 1.82) is 0 Å². The number of phenols is 5. The van der Waals surface area contributed by atoms with Crippen LogP contribution in [-0.4, -0.2) is 288 Å². The molecular weight excluding hydrogens is 1730 g/mol. The van der Waals surface area contributed by atoms with Crippen molar-refractivity contribution < 1.29 is 145 Å². The van der Waals surface area contributed by atoms with Crippen molar-refractivity contribution in [1.82, 2.24) is 0 Å². The molecule has 45 nitrogen and oxygen atoms in total. The molecule has 45 heteroatoms. The fraction of sp³-hybridized carbons (Fsp3) is 0.273. The first-order valence-electron chi connectivity index (χ1n) is 38.8. The maximum atomic E-state index is 9.36. The van der Waals surface area contributed by atoms with Crippen molar-refractivity contribution in [3.8, 4) is 121 Å². The van der Waals surface area contributed by atoms with Gasteiger partial charge in [0.1, 0.15) is 116 Å². The Hall–Kier alpha value is -17.3. The summed E-state index contributed by atoms with van der Waals surface area (Å²) in [6.45, 7) is 1.96. The summed E-state index contributed by atoms with van der Waals surface area (Å²) in [4.78, 5) is 32.2. The first-order chi connectivity index (χ1) is 63.4. The van der Waals surface area contributed by atoms with Gasteiger partial charge in [-0.15, -0.1) is 0 Å². The summed E-state index contributed by atoms with van der Waals surface area (Å²) in [5, 5.41) is 88.3. The summed E-state index contributed by atoms with van der Waals surface area (Å²) >= 11 is 0. The lowest BCUT2D eigenvalue weighted by Crippen LogP contribution is -2.47. The number of para-hydroxylation sites is 1. The molecule has 718 valence electrons. The Morgan fingerprint density at radius 3 is 0.887 bits per heavy atom. The zero-order valence-corrected chi connectivity index (χ0v) is 77.3. The highest BCUT2D eigenvalue weighted by Crippen LogP contribution is 2.41. The summed E-state index contributed by atoms with van der Waals surface area (Å²) in [7, 11) is 25.1. The summed E-state index contributed by atoms with van der Waals surface area (Å²) in [5.74, 6) is 10.9. The van der Waals surface area contributed by atoms with Gasteiger partial charge in [0.2, 0.25) is 11.5 Å². The van der Waals surface area contributed by atoms with Crippen molar-refractivity contribution in [3.05, 3.63) is 160 Å². The number of nitrogens with zero attached hydrogens (tertiary/aromatic N) is 8. The van der Waals surface area contributed by atoms with E-state index >= 15 is 0 Å². The predicted molar refractivity (Wildman–Crippen MR) is 513 cm³/mol. The largest absolute Gasteiger partial charge is 0.508 e. The third kappa shape index (κ3) is 44.1. The van der Waals surface area contributed by atoms with Crippen LogP contribution in [0, 0.1) is 0 Å². The lowest BCUT2D eigenvalue weighted by molar-refractivity contribution is -0.117. The monoisotopic (exact) mass is 1860 g/mol. The van der Waals surface area contributed by atoms with Gasteiger partial charge in [-0.1, -0.05) is 6.07 Å². The molecule has 0 saturated carbocycles. The highest BCUT2D eigenvalue weighted by atomic mass is 16.5. The molecule has 0 radical (unpaired) electrons. The van der Waals surface area contributed by atoms with Gasteiger partial charge in [-0.05, 0) is 83.4 Å². The first kappa shape index (κ1) is 114. The van der Waals surface area contributed by atoms with Crippen molar-refractivity contribution in [2.75, 3.05) is 166 Å². The molecule has 0 fully saturated rings. The number of benzene rings is 8. The first-order valence-corrected chi connectivity index (χ1v) is 38.8. The number of hydrogen-bond donors (Lipinski definition) is 21. The number of phenolic OH excluding ortho intramolecular Hbond substituents is 5. The molecule has 8 aromatic rings. The van der Waals surface area contributed by atoms with Crippen molar-refractivity contribution >= 4 is 96.4 Å². The lowest BCUT2D eigenvalue weighted by Gasteiger charge is -2.13. The quantitative estimate of drug-likeness (QED) is 0.0125. The molecule has 37 N–H and O–H groups in total. The lowest BCUT2D eigenvalue weighted by atomic mass is 10.2. The van der Waals surface area contributed by atoms with Crippen LogP contribution in [0.25, 0.3) is 0 Å². The summed E-state index contributed by atoms with van der Waals surface area (Å²) < 4.78 is 83.4. The molecule has 0 saturated heterocycles. The van der Waals surface area contributed by atoms with E-state index in [-0.39, 0.29) is 120 Å². The van der Waals surface area contributed by atoms with Crippen molar-refractivity contribution in [2.24, 2.45) is 85.8 Å². The third-order valence-corrected chi connectivity index (χ3v) is 15.8. The molecule has 0 bridgehead atoms. The normalized spacial score (nSPS) is 10.4. The van der Waals surface area contributed by atoms with E-state index in [9.17, 15) is 10.2 Å². The van der Waals surface area contributed by atoms with Crippen LogP contribution in [0.1, 0.15) is 44.5 Å². The van der Waals surface area contributed by atoms with Crippen molar-refractivity contribution in [2.45, 2.75) is 0 Å². The van der Waals surface area contributed by atoms with Gasteiger partial charge in [0.15, 0.2) is 46.0 Å². The van der Waals surface area contributed by atoms with Gasteiger partial charge in [0.05, 0.1) is 125 Å².